The molecular formula is C10H17NO3. The second kappa shape index (κ2) is 4.09. The van der Waals surface area contributed by atoms with Crippen molar-refractivity contribution in [2.24, 2.45) is 0 Å². The van der Waals surface area contributed by atoms with Gasteiger partial charge in [0.2, 0.25) is 5.91 Å². The third kappa shape index (κ3) is 2.80. The summed E-state index contributed by atoms with van der Waals surface area (Å²) in [7, 11) is 0. The minimum Gasteiger partial charge on any atom is -0.374 e. The monoisotopic (exact) mass is 199 g/mol. The predicted octanol–water partition coefficient (Wildman–Crippen LogP) is 0.603. The minimum atomic E-state index is -0.366. The molecule has 0 spiro atoms. The standard InChI is InChI=1S/C10H17NO3/c1-4-14-10(2,3)7-11-6-8(12)5-9(11)13/h4-7H2,1-3H3. The second-order valence-corrected chi connectivity index (χ2v) is 4.16. The molecule has 0 N–H and O–H groups in total. The van der Waals surface area contributed by atoms with E-state index >= 15 is 0 Å². The largest absolute Gasteiger partial charge is 0.374 e. The van der Waals surface area contributed by atoms with Crippen molar-refractivity contribution in [1.82, 2.24) is 4.90 Å². The zero-order chi connectivity index (χ0) is 10.8. The Balaban J connectivity index is 2.51. The summed E-state index contributed by atoms with van der Waals surface area (Å²) in [4.78, 5) is 23.9. The molecule has 1 fully saturated rings. The molecule has 4 heteroatoms. The Morgan fingerprint density at radius 1 is 1.43 bits per heavy atom. The topological polar surface area (TPSA) is 46.6 Å². The van der Waals surface area contributed by atoms with E-state index < -0.39 is 0 Å². The quantitative estimate of drug-likeness (QED) is 0.623. The van der Waals surface area contributed by atoms with Crippen LogP contribution in [0.4, 0.5) is 0 Å². The van der Waals surface area contributed by atoms with Crippen LogP contribution >= 0.6 is 0 Å². The van der Waals surface area contributed by atoms with E-state index in [1.807, 2.05) is 20.8 Å². The fourth-order valence-corrected chi connectivity index (χ4v) is 1.68. The van der Waals surface area contributed by atoms with Gasteiger partial charge in [-0.05, 0) is 20.8 Å². The molecule has 1 rings (SSSR count). The van der Waals surface area contributed by atoms with Gasteiger partial charge in [-0.2, -0.15) is 0 Å². The molecule has 1 saturated heterocycles. The van der Waals surface area contributed by atoms with Gasteiger partial charge in [0.15, 0.2) is 5.78 Å². The molecule has 1 heterocycles. The van der Waals surface area contributed by atoms with Gasteiger partial charge in [0.1, 0.15) is 0 Å². The van der Waals surface area contributed by atoms with Crippen LogP contribution in [0.5, 0.6) is 0 Å². The Labute approximate surface area is 84.2 Å². The van der Waals surface area contributed by atoms with Crippen LogP contribution in [0.2, 0.25) is 0 Å². The van der Waals surface area contributed by atoms with E-state index in [4.69, 9.17) is 4.74 Å². The molecule has 80 valence electrons. The second-order valence-electron chi connectivity index (χ2n) is 4.16. The van der Waals surface area contributed by atoms with Gasteiger partial charge in [0.25, 0.3) is 0 Å². The summed E-state index contributed by atoms with van der Waals surface area (Å²) in [5.41, 5.74) is -0.366. The van der Waals surface area contributed by atoms with Gasteiger partial charge in [-0.25, -0.2) is 0 Å². The minimum absolute atomic E-state index is 0.00213. The van der Waals surface area contributed by atoms with Gasteiger partial charge < -0.3 is 9.64 Å². The van der Waals surface area contributed by atoms with E-state index in [0.717, 1.165) is 0 Å². The number of carbonyl (C=O) groups is 2. The molecule has 0 radical (unpaired) electrons. The van der Waals surface area contributed by atoms with Crippen LogP contribution in [0.15, 0.2) is 0 Å². The van der Waals surface area contributed by atoms with Gasteiger partial charge >= 0.3 is 0 Å². The summed E-state index contributed by atoms with van der Waals surface area (Å²) in [5.74, 6) is -0.0786. The van der Waals surface area contributed by atoms with Gasteiger partial charge in [0.05, 0.1) is 18.6 Å². The van der Waals surface area contributed by atoms with Gasteiger partial charge in [0, 0.05) is 13.2 Å². The smallest absolute Gasteiger partial charge is 0.230 e. The fourth-order valence-electron chi connectivity index (χ4n) is 1.68. The first-order chi connectivity index (χ1) is 6.44. The zero-order valence-electron chi connectivity index (χ0n) is 9.00. The zero-order valence-corrected chi connectivity index (χ0v) is 9.00. The van der Waals surface area contributed by atoms with Crippen molar-refractivity contribution in [3.8, 4) is 0 Å². The number of likely N-dealkylation sites (tertiary alicyclic amines) is 1. The van der Waals surface area contributed by atoms with Crippen molar-refractivity contribution in [1.29, 1.82) is 0 Å². The summed E-state index contributed by atoms with van der Waals surface area (Å²) in [6, 6.07) is 0. The molecule has 0 unspecified atom stereocenters. The molecule has 1 aliphatic heterocycles. The Hall–Kier alpha value is -0.900. The first-order valence-electron chi connectivity index (χ1n) is 4.88. The van der Waals surface area contributed by atoms with Crippen LogP contribution in [-0.4, -0.2) is 41.9 Å². The molecule has 0 aromatic carbocycles. The Bertz CT molecular complexity index is 248. The maximum atomic E-state index is 11.3. The average molecular weight is 199 g/mol. The number of rotatable bonds is 4. The van der Waals surface area contributed by atoms with Crippen molar-refractivity contribution in [3.05, 3.63) is 0 Å². The number of Topliss-reactive ketones (excluding diaryl/α,β-unsaturated/α-hetero) is 1. The molecule has 1 amide bonds. The van der Waals surface area contributed by atoms with E-state index in [0.29, 0.717) is 13.2 Å². The summed E-state index contributed by atoms with van der Waals surface area (Å²) in [6.07, 6.45) is 0.0577. The normalized spacial score (nSPS) is 18.1. The van der Waals surface area contributed by atoms with Crippen LogP contribution in [0.25, 0.3) is 0 Å². The number of ether oxygens (including phenoxy) is 1. The Morgan fingerprint density at radius 3 is 2.50 bits per heavy atom. The number of amides is 1. The summed E-state index contributed by atoms with van der Waals surface area (Å²) < 4.78 is 5.47. The number of nitrogens with zero attached hydrogens (tertiary/aromatic N) is 1. The Kier molecular flexibility index (Phi) is 3.26. The number of hydrogen-bond acceptors (Lipinski definition) is 3. The highest BCUT2D eigenvalue weighted by atomic mass is 16.5. The summed E-state index contributed by atoms with van der Waals surface area (Å²) in [6.45, 7) is 7.11. The maximum Gasteiger partial charge on any atom is 0.230 e. The molecule has 0 aliphatic carbocycles. The van der Waals surface area contributed by atoms with Crippen molar-refractivity contribution >= 4 is 11.7 Å². The van der Waals surface area contributed by atoms with Crippen LogP contribution in [0, 0.1) is 0 Å². The molecule has 1 aliphatic rings. The first kappa shape index (κ1) is 11.2. The first-order valence-corrected chi connectivity index (χ1v) is 4.88. The highest BCUT2D eigenvalue weighted by Crippen LogP contribution is 2.15. The highest BCUT2D eigenvalue weighted by Gasteiger charge is 2.32. The molecule has 0 atom stereocenters. The van der Waals surface area contributed by atoms with Crippen molar-refractivity contribution in [2.45, 2.75) is 32.8 Å². The molecule has 14 heavy (non-hydrogen) atoms. The van der Waals surface area contributed by atoms with E-state index in [-0.39, 0.29) is 30.3 Å². The maximum absolute atomic E-state index is 11.3. The predicted molar refractivity (Wildman–Crippen MR) is 51.9 cm³/mol. The number of carbonyl (C=O) groups excluding carboxylic acids is 2. The summed E-state index contributed by atoms with van der Waals surface area (Å²) in [5, 5.41) is 0. The van der Waals surface area contributed by atoms with E-state index in [1.54, 1.807) is 4.90 Å². The lowest BCUT2D eigenvalue weighted by Crippen LogP contribution is -2.41. The lowest BCUT2D eigenvalue weighted by Gasteiger charge is -2.29. The summed E-state index contributed by atoms with van der Waals surface area (Å²) >= 11 is 0. The van der Waals surface area contributed by atoms with Crippen LogP contribution in [0.3, 0.4) is 0 Å². The third-order valence-electron chi connectivity index (χ3n) is 2.18. The van der Waals surface area contributed by atoms with Gasteiger partial charge in [-0.1, -0.05) is 0 Å². The van der Waals surface area contributed by atoms with E-state index in [2.05, 4.69) is 0 Å². The molecular weight excluding hydrogens is 182 g/mol. The van der Waals surface area contributed by atoms with E-state index in [9.17, 15) is 9.59 Å². The Morgan fingerprint density at radius 2 is 2.07 bits per heavy atom. The third-order valence-corrected chi connectivity index (χ3v) is 2.18. The molecule has 0 aromatic heterocycles. The number of hydrogen-bond donors (Lipinski definition) is 0. The van der Waals surface area contributed by atoms with Crippen LogP contribution < -0.4 is 0 Å². The molecule has 0 bridgehead atoms. The van der Waals surface area contributed by atoms with Crippen molar-refractivity contribution < 1.29 is 14.3 Å². The molecule has 0 saturated carbocycles. The lowest BCUT2D eigenvalue weighted by molar-refractivity contribution is -0.131. The van der Waals surface area contributed by atoms with Crippen molar-refractivity contribution in [2.75, 3.05) is 19.7 Å². The van der Waals surface area contributed by atoms with Crippen LogP contribution in [0.1, 0.15) is 27.2 Å². The van der Waals surface area contributed by atoms with Crippen LogP contribution in [-0.2, 0) is 14.3 Å². The lowest BCUT2D eigenvalue weighted by atomic mass is 10.1. The SMILES string of the molecule is CCOC(C)(C)CN1CC(=O)CC1=O. The molecule has 0 aromatic rings. The van der Waals surface area contributed by atoms with Gasteiger partial charge in [-0.15, -0.1) is 0 Å². The van der Waals surface area contributed by atoms with Crippen molar-refractivity contribution in [3.63, 3.8) is 0 Å². The highest BCUT2D eigenvalue weighted by molar-refractivity contribution is 6.05. The molecule has 4 nitrogen and oxygen atoms in total. The fraction of sp³-hybridized carbons (Fsp3) is 0.800. The van der Waals surface area contributed by atoms with E-state index in [1.165, 1.54) is 0 Å². The number of ketones is 1. The van der Waals surface area contributed by atoms with Gasteiger partial charge in [-0.3, -0.25) is 9.59 Å². The average Bonchev–Trinajstić information content (AvgIpc) is 2.28.